The second-order valence-corrected chi connectivity index (χ2v) is 22.2. The van der Waals surface area contributed by atoms with Gasteiger partial charge in [0, 0.05) is 30.4 Å². The Kier molecular flexibility index (Phi) is 20.3. The van der Waals surface area contributed by atoms with Crippen molar-refractivity contribution in [1.82, 2.24) is 5.32 Å². The normalized spacial score (nSPS) is 16.5. The molecule has 0 saturated carbocycles. The van der Waals surface area contributed by atoms with Crippen LogP contribution in [0.15, 0.2) is 24.3 Å². The highest BCUT2D eigenvalue weighted by Crippen LogP contribution is 2.36. The molecule has 0 aromatic heterocycles. The Morgan fingerprint density at radius 1 is 0.643 bits per heavy atom. The highest BCUT2D eigenvalue weighted by atomic mass is 16.7. The number of non-ortho nitro benzene ring substituents is 1. The van der Waals surface area contributed by atoms with Crippen molar-refractivity contribution in [3.63, 3.8) is 0 Å². The number of nitrogens with zero attached hydrogens (tertiary/aromatic N) is 1. The first kappa shape index (κ1) is 51.0. The molecule has 1 rings (SSSR count). The van der Waals surface area contributed by atoms with E-state index in [2.05, 4.69) is 116 Å². The van der Waals surface area contributed by atoms with Crippen molar-refractivity contribution in [3.8, 4) is 5.75 Å². The molecule has 0 aliphatic carbocycles. The van der Waals surface area contributed by atoms with E-state index in [1.54, 1.807) is 0 Å². The van der Waals surface area contributed by atoms with Crippen molar-refractivity contribution in [3.05, 3.63) is 34.4 Å². The average molecular weight is 787 g/mol. The second kappa shape index (κ2) is 22.3. The van der Waals surface area contributed by atoms with Gasteiger partial charge in [0.1, 0.15) is 17.6 Å². The van der Waals surface area contributed by atoms with Gasteiger partial charge < -0.3 is 14.8 Å². The van der Waals surface area contributed by atoms with Crippen LogP contribution in [0.5, 0.6) is 5.75 Å². The van der Waals surface area contributed by atoms with Gasteiger partial charge in [-0.2, -0.15) is 0 Å². The average Bonchev–Trinajstić information content (AvgIpc) is 2.99. The molecule has 0 saturated heterocycles. The van der Waals surface area contributed by atoms with Crippen LogP contribution < -0.4 is 10.1 Å². The van der Waals surface area contributed by atoms with E-state index in [1.807, 2.05) is 0 Å². The molecule has 0 aliphatic heterocycles. The number of nitrogens with one attached hydrogen (secondary N) is 1. The first-order chi connectivity index (χ1) is 25.4. The Hall–Kier alpha value is -2.97. The zero-order chi connectivity index (χ0) is 43.2. The van der Waals surface area contributed by atoms with Gasteiger partial charge in [0.15, 0.2) is 0 Å². The van der Waals surface area contributed by atoms with E-state index in [1.165, 1.54) is 24.3 Å². The van der Waals surface area contributed by atoms with Gasteiger partial charge in [-0.05, 0) is 115 Å². The minimum atomic E-state index is -0.993. The fourth-order valence-electron chi connectivity index (χ4n) is 8.81. The number of ether oxygens (including phenoxy) is 2. The predicted molar refractivity (Wildman–Crippen MR) is 230 cm³/mol. The van der Waals surface area contributed by atoms with Crippen LogP contribution >= 0.6 is 0 Å². The molecule has 0 aliphatic rings. The van der Waals surface area contributed by atoms with E-state index in [0.717, 1.165) is 51.4 Å². The second-order valence-electron chi connectivity index (χ2n) is 22.2. The van der Waals surface area contributed by atoms with Gasteiger partial charge in [0.2, 0.25) is 5.91 Å². The summed E-state index contributed by atoms with van der Waals surface area (Å²) in [6.45, 7) is 35.6. The lowest BCUT2D eigenvalue weighted by Gasteiger charge is -2.31. The number of benzene rings is 1. The third kappa shape index (κ3) is 22.7. The summed E-state index contributed by atoms with van der Waals surface area (Å²) in [6, 6.07) is 5.18. The van der Waals surface area contributed by atoms with E-state index in [0.29, 0.717) is 11.8 Å². The maximum atomic E-state index is 14.1. The molecule has 1 aromatic rings. The fourth-order valence-corrected chi connectivity index (χ4v) is 8.81. The summed E-state index contributed by atoms with van der Waals surface area (Å²) in [7, 11) is 0. The number of amides is 1. The van der Waals surface area contributed by atoms with Crippen molar-refractivity contribution in [2.45, 2.75) is 181 Å². The molecular weight excluding hydrogens is 705 g/mol. The highest BCUT2D eigenvalue weighted by Gasteiger charge is 2.32. The molecule has 0 bridgehead atoms. The number of hydrogen-bond donors (Lipinski definition) is 1. The molecule has 9 nitrogen and oxygen atoms in total. The predicted octanol–water partition coefficient (Wildman–Crippen LogP) is 13.0. The van der Waals surface area contributed by atoms with Crippen LogP contribution in [0, 0.1) is 67.3 Å². The summed E-state index contributed by atoms with van der Waals surface area (Å²) in [5.74, 6) is 1.10. The van der Waals surface area contributed by atoms with Gasteiger partial charge >= 0.3 is 6.16 Å². The number of carbonyl (C=O) groups excluding carboxylic acids is 3. The highest BCUT2D eigenvalue weighted by molar-refractivity contribution is 5.81. The molecule has 322 valence electrons. The third-order valence-corrected chi connectivity index (χ3v) is 10.6. The van der Waals surface area contributed by atoms with Crippen LogP contribution in [-0.4, -0.2) is 35.4 Å². The summed E-state index contributed by atoms with van der Waals surface area (Å²) >= 11 is 0. The molecule has 0 fully saturated rings. The van der Waals surface area contributed by atoms with Crippen molar-refractivity contribution < 1.29 is 28.8 Å². The number of ketones is 1. The van der Waals surface area contributed by atoms with E-state index < -0.39 is 17.2 Å². The van der Waals surface area contributed by atoms with Crippen LogP contribution in [-0.2, 0) is 14.3 Å². The minimum Gasteiger partial charge on any atom is -0.429 e. The van der Waals surface area contributed by atoms with E-state index in [4.69, 9.17) is 9.47 Å². The van der Waals surface area contributed by atoms with Gasteiger partial charge in [-0.3, -0.25) is 19.7 Å². The summed E-state index contributed by atoms with van der Waals surface area (Å²) in [4.78, 5) is 51.9. The summed E-state index contributed by atoms with van der Waals surface area (Å²) in [6.07, 6.45) is 6.03. The number of carbonyl (C=O) groups is 3. The minimum absolute atomic E-state index is 0.0442. The number of nitro groups is 1. The maximum absolute atomic E-state index is 14.1. The van der Waals surface area contributed by atoms with Crippen molar-refractivity contribution in [2.75, 3.05) is 6.54 Å². The Morgan fingerprint density at radius 2 is 1.07 bits per heavy atom. The van der Waals surface area contributed by atoms with Crippen molar-refractivity contribution in [1.29, 1.82) is 0 Å². The van der Waals surface area contributed by atoms with Gasteiger partial charge in [-0.25, -0.2) is 4.79 Å². The third-order valence-electron chi connectivity index (χ3n) is 10.6. The smallest absolute Gasteiger partial charge is 0.429 e. The lowest BCUT2D eigenvalue weighted by atomic mass is 9.74. The number of hydrogen-bond acceptors (Lipinski definition) is 7. The van der Waals surface area contributed by atoms with E-state index in [9.17, 15) is 24.5 Å². The van der Waals surface area contributed by atoms with Crippen molar-refractivity contribution >= 4 is 23.5 Å². The molecule has 0 heterocycles. The Balaban J connectivity index is 3.30. The van der Waals surface area contributed by atoms with Gasteiger partial charge in [0.05, 0.1) is 11.5 Å². The number of nitro benzene ring substituents is 1. The monoisotopic (exact) mass is 787 g/mol. The molecule has 0 spiro atoms. The summed E-state index contributed by atoms with van der Waals surface area (Å²) in [5.41, 5.74) is 0.400. The Bertz CT molecular complexity index is 1290. The molecule has 1 N–H and O–H groups in total. The topological polar surface area (TPSA) is 125 Å². The largest absolute Gasteiger partial charge is 0.514 e. The molecule has 1 amide bonds. The van der Waals surface area contributed by atoms with E-state index in [-0.39, 0.29) is 87.8 Å². The lowest BCUT2D eigenvalue weighted by Crippen LogP contribution is -2.41. The van der Waals surface area contributed by atoms with Crippen LogP contribution in [0.1, 0.15) is 175 Å². The van der Waals surface area contributed by atoms with Crippen LogP contribution in [0.2, 0.25) is 0 Å². The molecule has 9 heteroatoms. The Labute approximate surface area is 341 Å². The molecule has 7 atom stereocenters. The van der Waals surface area contributed by atoms with Crippen LogP contribution in [0.25, 0.3) is 0 Å². The van der Waals surface area contributed by atoms with Gasteiger partial charge in [-0.15, -0.1) is 0 Å². The zero-order valence-electron chi connectivity index (χ0n) is 38.4. The fraction of sp³-hybridized carbons (Fsp3) is 0.809. The van der Waals surface area contributed by atoms with Gasteiger partial charge in [0.25, 0.3) is 5.69 Å². The SMILES string of the molecule is CC(CCC(C(=O)CCC(CNC(=O)C(CCC(C)CC(C)(C)C)C(C)CC(C)(C)C)OC(=O)Oc1ccc([N+](=O)[O-])cc1)C(C)CC(C)(C)C)CC(C)(C)C. The van der Waals surface area contributed by atoms with Crippen LogP contribution in [0.4, 0.5) is 10.5 Å². The first-order valence-electron chi connectivity index (χ1n) is 21.4. The molecule has 56 heavy (non-hydrogen) atoms. The molecule has 1 aromatic carbocycles. The van der Waals surface area contributed by atoms with Gasteiger partial charge in [-0.1, -0.05) is 111 Å². The lowest BCUT2D eigenvalue weighted by molar-refractivity contribution is -0.384. The molecular formula is C47H82N2O7. The quantitative estimate of drug-likeness (QED) is 0.0537. The van der Waals surface area contributed by atoms with Crippen LogP contribution in [0.3, 0.4) is 0 Å². The molecule has 0 radical (unpaired) electrons. The summed E-state index contributed by atoms with van der Waals surface area (Å²) < 4.78 is 11.2. The number of Topliss-reactive ketones (excluding diaryl/α,β-unsaturated/α-hetero) is 1. The number of rotatable bonds is 22. The van der Waals surface area contributed by atoms with E-state index >= 15 is 0 Å². The summed E-state index contributed by atoms with van der Waals surface area (Å²) in [5, 5.41) is 14.2. The maximum Gasteiger partial charge on any atom is 0.514 e. The zero-order valence-corrected chi connectivity index (χ0v) is 38.4. The van der Waals surface area contributed by atoms with Crippen molar-refractivity contribution in [2.24, 2.45) is 57.2 Å². The standard InChI is InChI=1S/C47H82N2O7/c1-32(27-44(5,6)7)17-24-39(34(3)29-46(11,12)13)41(50)26-23-38(56-43(52)55-37-21-19-36(20-22-37)49(53)54)31-48-42(51)40(35(4)30-47(14,15)16)25-18-33(2)28-45(8,9)10/h19-22,32-35,38-40H,17-18,23-31H2,1-16H3,(H,48,51). The molecule has 7 unspecified atom stereocenters. The first-order valence-corrected chi connectivity index (χ1v) is 21.4. The Morgan fingerprint density at radius 3 is 1.50 bits per heavy atom.